The standard InChI is InChI=1S/C31H35N5O6S2/c1-31(2,3)42-29(37)34-21-11-13-23(14-12-21)36(30(38)39)25-16-24(25)26-18-33-28(43-26)19-8-6-9-22(15-19)35-44(40,41)27-10-5-4-7-20(27)17-32/h4-10,15,18,21,23-25,35H,11-14,16H2,1-3H3,(H,34,37)(H,38,39). The molecule has 3 aromatic rings. The summed E-state index contributed by atoms with van der Waals surface area (Å²) in [5.41, 5.74) is 0.536. The van der Waals surface area contributed by atoms with E-state index < -0.39 is 27.8 Å². The number of carbonyl (C=O) groups is 2. The predicted octanol–water partition coefficient (Wildman–Crippen LogP) is 6.15. The Kier molecular flexibility index (Phi) is 8.85. The fourth-order valence-electron chi connectivity index (χ4n) is 5.65. The van der Waals surface area contributed by atoms with Gasteiger partial charge in [0.05, 0.1) is 5.56 Å². The van der Waals surface area contributed by atoms with Crippen molar-refractivity contribution in [2.45, 2.75) is 87.4 Å². The van der Waals surface area contributed by atoms with Crippen molar-refractivity contribution in [3.8, 4) is 16.6 Å². The molecule has 11 nitrogen and oxygen atoms in total. The lowest BCUT2D eigenvalue weighted by molar-refractivity contribution is 0.0471. The van der Waals surface area contributed by atoms with Crippen LogP contribution >= 0.6 is 11.3 Å². The quantitative estimate of drug-likeness (QED) is 0.265. The van der Waals surface area contributed by atoms with Crippen molar-refractivity contribution in [2.24, 2.45) is 0 Å². The summed E-state index contributed by atoms with van der Waals surface area (Å²) in [5, 5.41) is 23.0. The number of sulfonamides is 1. The fraction of sp³-hybridized carbons (Fsp3) is 0.419. The highest BCUT2D eigenvalue weighted by atomic mass is 32.2. The van der Waals surface area contributed by atoms with Crippen molar-refractivity contribution >= 4 is 39.2 Å². The van der Waals surface area contributed by atoms with Crippen LogP contribution in [0.25, 0.3) is 10.6 Å². The maximum atomic E-state index is 13.0. The molecule has 2 aliphatic carbocycles. The maximum absolute atomic E-state index is 13.0. The summed E-state index contributed by atoms with van der Waals surface area (Å²) in [7, 11) is -3.98. The van der Waals surface area contributed by atoms with Crippen molar-refractivity contribution in [3.63, 3.8) is 0 Å². The molecule has 1 heterocycles. The van der Waals surface area contributed by atoms with Crippen LogP contribution in [0.1, 0.15) is 69.2 Å². The molecule has 2 unspecified atom stereocenters. The first-order chi connectivity index (χ1) is 20.8. The largest absolute Gasteiger partial charge is 0.465 e. The molecule has 13 heteroatoms. The van der Waals surface area contributed by atoms with E-state index in [1.54, 1.807) is 41.4 Å². The number of aromatic nitrogens is 1. The first kappa shape index (κ1) is 31.3. The van der Waals surface area contributed by atoms with E-state index in [2.05, 4.69) is 15.0 Å². The van der Waals surface area contributed by atoms with Gasteiger partial charge in [-0.15, -0.1) is 11.3 Å². The molecule has 5 rings (SSSR count). The zero-order valence-corrected chi connectivity index (χ0v) is 26.3. The zero-order valence-electron chi connectivity index (χ0n) is 24.7. The lowest BCUT2D eigenvalue weighted by Crippen LogP contribution is -2.47. The molecular formula is C31H35N5O6S2. The minimum atomic E-state index is -3.98. The van der Waals surface area contributed by atoms with Crippen molar-refractivity contribution < 1.29 is 27.9 Å². The van der Waals surface area contributed by atoms with Crippen LogP contribution < -0.4 is 10.0 Å². The van der Waals surface area contributed by atoms with E-state index >= 15 is 0 Å². The molecule has 0 bridgehead atoms. The molecule has 1 aromatic heterocycles. The predicted molar refractivity (Wildman–Crippen MR) is 166 cm³/mol. The Morgan fingerprint density at radius 3 is 2.52 bits per heavy atom. The topological polar surface area (TPSA) is 162 Å². The number of rotatable bonds is 8. The molecule has 0 radical (unpaired) electrons. The summed E-state index contributed by atoms with van der Waals surface area (Å²) in [4.78, 5) is 31.5. The monoisotopic (exact) mass is 637 g/mol. The van der Waals surface area contributed by atoms with Gasteiger partial charge in [0, 0.05) is 46.4 Å². The van der Waals surface area contributed by atoms with Crippen molar-refractivity contribution in [1.29, 1.82) is 5.26 Å². The van der Waals surface area contributed by atoms with E-state index in [4.69, 9.17) is 4.74 Å². The second-order valence-corrected chi connectivity index (χ2v) is 14.8. The van der Waals surface area contributed by atoms with Gasteiger partial charge in [0.25, 0.3) is 10.0 Å². The third-order valence-electron chi connectivity index (χ3n) is 7.69. The SMILES string of the molecule is CC(C)(C)OC(=O)NC1CCC(N(C(=O)O)C2CC2c2cnc(-c3cccc(NS(=O)(=O)c4ccccc4C#N)c3)s2)CC1. The molecular weight excluding hydrogens is 603 g/mol. The lowest BCUT2D eigenvalue weighted by atomic mass is 9.90. The van der Waals surface area contributed by atoms with Gasteiger partial charge in [-0.05, 0) is 77.1 Å². The van der Waals surface area contributed by atoms with Gasteiger partial charge in [-0.3, -0.25) is 4.72 Å². The Bertz CT molecular complexity index is 1690. The maximum Gasteiger partial charge on any atom is 0.407 e. The minimum absolute atomic E-state index is 0.0409. The van der Waals surface area contributed by atoms with Gasteiger partial charge in [-0.2, -0.15) is 5.26 Å². The Morgan fingerprint density at radius 2 is 1.84 bits per heavy atom. The fourth-order valence-corrected chi connectivity index (χ4v) is 7.94. The van der Waals surface area contributed by atoms with Gasteiger partial charge in [0.1, 0.15) is 21.6 Å². The summed E-state index contributed by atoms with van der Waals surface area (Å²) in [5.74, 6) is 0.0409. The highest BCUT2D eigenvalue weighted by Crippen LogP contribution is 2.49. The number of ether oxygens (including phenoxy) is 1. The lowest BCUT2D eigenvalue weighted by Gasteiger charge is -2.36. The van der Waals surface area contributed by atoms with Gasteiger partial charge < -0.3 is 20.1 Å². The second kappa shape index (κ2) is 12.5. The first-order valence-electron chi connectivity index (χ1n) is 14.4. The molecule has 2 fully saturated rings. The van der Waals surface area contributed by atoms with E-state index in [-0.39, 0.29) is 34.5 Å². The number of nitriles is 1. The molecule has 2 aliphatic rings. The number of thiazole rings is 1. The molecule has 2 aromatic carbocycles. The van der Waals surface area contributed by atoms with E-state index in [0.717, 1.165) is 10.4 Å². The van der Waals surface area contributed by atoms with Gasteiger partial charge in [-0.1, -0.05) is 24.3 Å². The summed E-state index contributed by atoms with van der Waals surface area (Å²) >= 11 is 1.46. The average molecular weight is 638 g/mol. The van der Waals surface area contributed by atoms with Crippen LogP contribution in [0.5, 0.6) is 0 Å². The molecule has 2 atom stereocenters. The van der Waals surface area contributed by atoms with Crippen LogP contribution in [-0.2, 0) is 14.8 Å². The third kappa shape index (κ3) is 7.31. The van der Waals surface area contributed by atoms with Crippen LogP contribution in [-0.4, -0.2) is 59.3 Å². The summed E-state index contributed by atoms with van der Waals surface area (Å²) in [6, 6.07) is 14.5. The van der Waals surface area contributed by atoms with Gasteiger partial charge in [0.15, 0.2) is 0 Å². The van der Waals surface area contributed by atoms with Crippen LogP contribution in [0.2, 0.25) is 0 Å². The Labute approximate surface area is 260 Å². The second-order valence-electron chi connectivity index (χ2n) is 12.1. The van der Waals surface area contributed by atoms with Gasteiger partial charge in [0.2, 0.25) is 0 Å². The molecule has 44 heavy (non-hydrogen) atoms. The van der Waals surface area contributed by atoms with E-state index in [1.807, 2.05) is 32.9 Å². The van der Waals surface area contributed by atoms with Crippen LogP contribution in [0.4, 0.5) is 15.3 Å². The normalized spacial score (nSPS) is 21.5. The third-order valence-corrected chi connectivity index (χ3v) is 10.3. The number of benzene rings is 2. The number of alkyl carbamates (subject to hydrolysis) is 1. The minimum Gasteiger partial charge on any atom is -0.465 e. The van der Waals surface area contributed by atoms with E-state index in [9.17, 15) is 28.4 Å². The highest BCUT2D eigenvalue weighted by Gasteiger charge is 2.49. The number of nitrogens with zero attached hydrogens (tertiary/aromatic N) is 3. The molecule has 0 saturated heterocycles. The Hall–Kier alpha value is -4.15. The van der Waals surface area contributed by atoms with Crippen LogP contribution in [0, 0.1) is 11.3 Å². The van der Waals surface area contributed by atoms with E-state index in [0.29, 0.717) is 42.8 Å². The number of carbonyl (C=O) groups excluding carboxylic acids is 1. The van der Waals surface area contributed by atoms with Crippen LogP contribution in [0.15, 0.2) is 59.6 Å². The molecule has 3 N–H and O–H groups in total. The molecule has 2 saturated carbocycles. The number of nitrogens with one attached hydrogen (secondary N) is 2. The van der Waals surface area contributed by atoms with Crippen molar-refractivity contribution in [1.82, 2.24) is 15.2 Å². The Morgan fingerprint density at radius 1 is 1.11 bits per heavy atom. The van der Waals surface area contributed by atoms with Crippen molar-refractivity contribution in [2.75, 3.05) is 4.72 Å². The number of amides is 2. The highest BCUT2D eigenvalue weighted by molar-refractivity contribution is 7.92. The average Bonchev–Trinajstić information content (AvgIpc) is 3.57. The summed E-state index contributed by atoms with van der Waals surface area (Å²) in [6.07, 6.45) is 3.76. The van der Waals surface area contributed by atoms with E-state index in [1.165, 1.54) is 23.5 Å². The number of hydrogen-bond acceptors (Lipinski definition) is 8. The first-order valence-corrected chi connectivity index (χ1v) is 16.7. The van der Waals surface area contributed by atoms with Crippen LogP contribution in [0.3, 0.4) is 0 Å². The molecule has 0 spiro atoms. The zero-order chi connectivity index (χ0) is 31.6. The molecule has 2 amide bonds. The molecule has 232 valence electrons. The summed E-state index contributed by atoms with van der Waals surface area (Å²) < 4.78 is 33.9. The number of carboxylic acid groups (broad SMARTS) is 1. The number of hydrogen-bond donors (Lipinski definition) is 3. The smallest absolute Gasteiger partial charge is 0.407 e. The van der Waals surface area contributed by atoms with Crippen molar-refractivity contribution in [3.05, 3.63) is 65.2 Å². The van der Waals surface area contributed by atoms with Gasteiger partial charge >= 0.3 is 12.2 Å². The van der Waals surface area contributed by atoms with Gasteiger partial charge in [-0.25, -0.2) is 23.0 Å². The summed E-state index contributed by atoms with van der Waals surface area (Å²) in [6.45, 7) is 5.44. The molecule has 0 aliphatic heterocycles. The Balaban J connectivity index is 1.22. The number of anilines is 1.